The first-order valence-electron chi connectivity index (χ1n) is 15.5. The van der Waals surface area contributed by atoms with E-state index in [1.165, 1.54) is 13.8 Å². The van der Waals surface area contributed by atoms with Gasteiger partial charge >= 0.3 is 17.9 Å². The Bertz CT molecular complexity index is 1400. The van der Waals surface area contributed by atoms with E-state index in [1.54, 1.807) is 27.7 Å². The van der Waals surface area contributed by atoms with E-state index in [9.17, 15) is 29.4 Å². The maximum atomic E-state index is 13.4. The highest BCUT2D eigenvalue weighted by molar-refractivity contribution is 5.98. The molecule has 2 bridgehead atoms. The molecule has 0 heterocycles. The van der Waals surface area contributed by atoms with Crippen LogP contribution in [0.25, 0.3) is 0 Å². The Hall–Kier alpha value is -3.34. The minimum atomic E-state index is -2.01. The first-order chi connectivity index (χ1) is 20.9. The lowest BCUT2D eigenvalue weighted by molar-refractivity contribution is -0.227. The fourth-order valence-corrected chi connectivity index (χ4v) is 8.00. The largest absolute Gasteiger partial charge is 0.458 e. The highest BCUT2D eigenvalue weighted by atomic mass is 16.6. The van der Waals surface area contributed by atoms with Gasteiger partial charge < -0.3 is 29.3 Å². The molecule has 0 saturated heterocycles. The Morgan fingerprint density at radius 2 is 1.64 bits per heavy atom. The molecule has 1 aromatic carbocycles. The van der Waals surface area contributed by atoms with Gasteiger partial charge in [-0.3, -0.25) is 19.2 Å². The molecule has 0 unspecified atom stereocenters. The lowest BCUT2D eigenvalue weighted by Crippen LogP contribution is -2.70. The van der Waals surface area contributed by atoms with E-state index in [-0.39, 0.29) is 37.3 Å². The van der Waals surface area contributed by atoms with Gasteiger partial charge in [-0.2, -0.15) is 0 Å². The predicted octanol–water partition coefficient (Wildman–Crippen LogP) is 3.85. The molecule has 0 aromatic heterocycles. The molecule has 2 saturated carbocycles. The second-order valence-electron chi connectivity index (χ2n) is 13.9. The topological polar surface area (TPSA) is 140 Å². The van der Waals surface area contributed by atoms with E-state index in [0.29, 0.717) is 11.1 Å². The number of allylic oxidation sites excluding steroid dienone is 1. The van der Waals surface area contributed by atoms with Crippen molar-refractivity contribution in [1.82, 2.24) is 4.90 Å². The average Bonchev–Trinajstić information content (AvgIpc) is 2.94. The molecule has 2 fully saturated rings. The molecule has 0 amide bonds. The summed E-state index contributed by atoms with van der Waals surface area (Å²) in [7, 11) is 3.77. The van der Waals surface area contributed by atoms with Crippen molar-refractivity contribution in [2.75, 3.05) is 14.1 Å². The number of hydrogen-bond donors (Lipinski definition) is 2. The second kappa shape index (κ2) is 12.5. The summed E-state index contributed by atoms with van der Waals surface area (Å²) < 4.78 is 17.8. The third-order valence-corrected chi connectivity index (χ3v) is 10.5. The summed E-state index contributed by atoms with van der Waals surface area (Å²) in [6.45, 7) is 13.5. The minimum Gasteiger partial charge on any atom is -0.458 e. The number of aliphatic hydroxyl groups excluding tert-OH is 1. The zero-order valence-corrected chi connectivity index (χ0v) is 27.6. The van der Waals surface area contributed by atoms with Crippen LogP contribution >= 0.6 is 0 Å². The highest BCUT2D eigenvalue weighted by Gasteiger charge is 2.68. The molecular formula is C35H47NO9. The SMILES string of the molecule is C=C1[C@@H](OC(=O)C[C@H](c2ccccc2)N(C)C)CC[C@@]2(C)[C@@H](OC(C)=O)[C@H](OC(C)=O)C3=C(C)C(=O)C[C@@](O)([C@@H](O)[C@H]12)C3(C)C. The van der Waals surface area contributed by atoms with E-state index in [4.69, 9.17) is 14.2 Å². The Kier molecular flexibility index (Phi) is 9.56. The Morgan fingerprint density at radius 1 is 1.04 bits per heavy atom. The number of rotatable bonds is 7. The van der Waals surface area contributed by atoms with Crippen LogP contribution in [-0.2, 0) is 33.4 Å². The number of carbonyl (C=O) groups is 4. The van der Waals surface area contributed by atoms with Gasteiger partial charge in [0.1, 0.15) is 17.8 Å². The number of esters is 3. The molecule has 0 radical (unpaired) electrons. The molecule has 3 aliphatic carbocycles. The fraction of sp³-hybridized carbons (Fsp3) is 0.600. The van der Waals surface area contributed by atoms with Crippen LogP contribution in [0.2, 0.25) is 0 Å². The molecule has 246 valence electrons. The van der Waals surface area contributed by atoms with Crippen LogP contribution in [-0.4, -0.2) is 82.9 Å². The van der Waals surface area contributed by atoms with Gasteiger partial charge in [0.05, 0.1) is 12.5 Å². The first-order valence-corrected chi connectivity index (χ1v) is 15.5. The maximum absolute atomic E-state index is 13.4. The van der Waals surface area contributed by atoms with Crippen LogP contribution in [0.3, 0.4) is 0 Å². The minimum absolute atomic E-state index is 0.0643. The Labute approximate surface area is 265 Å². The zero-order chi connectivity index (χ0) is 33.6. The number of ether oxygens (including phenoxy) is 3. The molecule has 10 nitrogen and oxygen atoms in total. The van der Waals surface area contributed by atoms with Gasteiger partial charge in [-0.15, -0.1) is 0 Å². The summed E-state index contributed by atoms with van der Waals surface area (Å²) in [5.74, 6) is -3.20. The molecule has 2 N–H and O–H groups in total. The number of hydrogen-bond acceptors (Lipinski definition) is 10. The number of ketones is 1. The first kappa shape index (κ1) is 34.5. The van der Waals surface area contributed by atoms with Gasteiger partial charge in [0, 0.05) is 43.1 Å². The summed E-state index contributed by atoms with van der Waals surface area (Å²) in [5.41, 5.74) is -2.58. The van der Waals surface area contributed by atoms with Gasteiger partial charge in [0.15, 0.2) is 11.9 Å². The standard InChI is InChI=1S/C35H47NO9/c1-19-25(39)18-35(42)31(41)29-20(2)26(45-27(40)17-24(36(8)9)23-13-11-10-12-14-23)15-16-34(29,7)32(44-22(4)38)30(43-21(3)37)28(19)33(35,5)6/h10-14,24,26,29-32,41-42H,2,15-18H2,1,3-9H3/t24-,26+,29+,30-,31+,32+,34-,35-/m1/s1. The van der Waals surface area contributed by atoms with Crippen molar-refractivity contribution in [1.29, 1.82) is 0 Å². The smallest absolute Gasteiger partial charge is 0.308 e. The third-order valence-electron chi connectivity index (χ3n) is 10.5. The van der Waals surface area contributed by atoms with Gasteiger partial charge in [-0.05, 0) is 56.1 Å². The Balaban J connectivity index is 1.79. The van der Waals surface area contributed by atoms with Crippen molar-refractivity contribution >= 4 is 23.7 Å². The summed E-state index contributed by atoms with van der Waals surface area (Å²) in [5, 5.41) is 24.6. The maximum Gasteiger partial charge on any atom is 0.308 e. The summed E-state index contributed by atoms with van der Waals surface area (Å²) >= 11 is 0. The average molecular weight is 626 g/mol. The van der Waals surface area contributed by atoms with Crippen LogP contribution in [0.5, 0.6) is 0 Å². The summed E-state index contributed by atoms with van der Waals surface area (Å²) in [6.07, 6.45) is -4.55. The molecule has 1 aromatic rings. The third kappa shape index (κ3) is 6.00. The van der Waals surface area contributed by atoms with Crippen LogP contribution in [0.1, 0.15) is 78.8 Å². The predicted molar refractivity (Wildman–Crippen MR) is 166 cm³/mol. The molecule has 10 heteroatoms. The van der Waals surface area contributed by atoms with Gasteiger partial charge in [-0.1, -0.05) is 57.7 Å². The van der Waals surface area contributed by atoms with E-state index in [0.717, 1.165) is 5.56 Å². The molecule has 8 atom stereocenters. The van der Waals surface area contributed by atoms with Gasteiger partial charge in [0.25, 0.3) is 0 Å². The second-order valence-corrected chi connectivity index (χ2v) is 13.9. The van der Waals surface area contributed by atoms with Crippen molar-refractivity contribution in [3.05, 3.63) is 59.2 Å². The van der Waals surface area contributed by atoms with Crippen molar-refractivity contribution < 1.29 is 43.6 Å². The molecule has 45 heavy (non-hydrogen) atoms. The molecule has 3 aliphatic rings. The molecule has 0 spiro atoms. The normalized spacial score (nSPS) is 33.4. The van der Waals surface area contributed by atoms with Crippen LogP contribution < -0.4 is 0 Å². The number of aliphatic hydroxyl groups is 2. The summed E-state index contributed by atoms with van der Waals surface area (Å²) in [4.78, 5) is 53.9. The van der Waals surface area contributed by atoms with Crippen LogP contribution in [0.4, 0.5) is 0 Å². The number of carbonyl (C=O) groups excluding carboxylic acids is 4. The lowest BCUT2D eigenvalue weighted by Gasteiger charge is -2.61. The van der Waals surface area contributed by atoms with Crippen molar-refractivity contribution in [3.63, 3.8) is 0 Å². The zero-order valence-electron chi connectivity index (χ0n) is 27.6. The lowest BCUT2D eigenvalue weighted by atomic mass is 9.48. The number of benzene rings is 1. The number of nitrogens with zero attached hydrogens (tertiary/aromatic N) is 1. The Morgan fingerprint density at radius 3 is 2.20 bits per heavy atom. The highest BCUT2D eigenvalue weighted by Crippen LogP contribution is 2.61. The van der Waals surface area contributed by atoms with E-state index >= 15 is 0 Å². The van der Waals surface area contributed by atoms with E-state index < -0.39 is 70.5 Å². The van der Waals surface area contributed by atoms with Crippen molar-refractivity contribution in [2.45, 2.75) is 103 Å². The van der Waals surface area contributed by atoms with Gasteiger partial charge in [0.2, 0.25) is 0 Å². The number of fused-ring (bicyclic) bond motifs is 3. The molecule has 4 rings (SSSR count). The van der Waals surface area contributed by atoms with E-state index in [1.807, 2.05) is 49.3 Å². The molecule has 0 aliphatic heterocycles. The van der Waals surface area contributed by atoms with Crippen molar-refractivity contribution in [2.24, 2.45) is 16.7 Å². The van der Waals surface area contributed by atoms with Crippen LogP contribution in [0.15, 0.2) is 53.6 Å². The monoisotopic (exact) mass is 625 g/mol. The van der Waals surface area contributed by atoms with Crippen molar-refractivity contribution in [3.8, 4) is 0 Å². The van der Waals surface area contributed by atoms with Crippen LogP contribution in [0, 0.1) is 16.7 Å². The summed E-state index contributed by atoms with van der Waals surface area (Å²) in [6, 6.07) is 9.37. The quantitative estimate of drug-likeness (QED) is 0.261. The number of Topliss-reactive ketones (excluding diaryl/α,β-unsaturated/α-hetero) is 1. The molecular weight excluding hydrogens is 578 g/mol. The fourth-order valence-electron chi connectivity index (χ4n) is 8.00. The van der Waals surface area contributed by atoms with Gasteiger partial charge in [-0.25, -0.2) is 0 Å². The van der Waals surface area contributed by atoms with E-state index in [2.05, 4.69) is 6.58 Å².